The van der Waals surface area contributed by atoms with E-state index in [1.165, 1.54) is 24.3 Å². The number of imide groups is 1. The minimum atomic E-state index is -0.817. The highest BCUT2D eigenvalue weighted by Crippen LogP contribution is 2.46. The Hall–Kier alpha value is -3.28. The van der Waals surface area contributed by atoms with E-state index in [-0.39, 0.29) is 17.7 Å². The van der Waals surface area contributed by atoms with E-state index in [4.69, 9.17) is 0 Å². The van der Waals surface area contributed by atoms with E-state index in [0.29, 0.717) is 5.56 Å². The SMILES string of the molecule is O=C1NC(=O)[C@@H]2[C@@H]1[C@@H](C(=O)c1ccc(F)cc1)N1c3ccccc3C=C[C@@H]21. The molecule has 6 heteroatoms. The van der Waals surface area contributed by atoms with Gasteiger partial charge in [0.15, 0.2) is 5.78 Å². The zero-order valence-electron chi connectivity index (χ0n) is 14.1. The number of hydrogen-bond donors (Lipinski definition) is 1. The van der Waals surface area contributed by atoms with Gasteiger partial charge in [0.05, 0.1) is 17.9 Å². The van der Waals surface area contributed by atoms with Crippen molar-refractivity contribution < 1.29 is 18.8 Å². The molecule has 2 aromatic carbocycles. The van der Waals surface area contributed by atoms with Crippen LogP contribution in [-0.2, 0) is 9.59 Å². The van der Waals surface area contributed by atoms with Crippen molar-refractivity contribution in [2.24, 2.45) is 11.8 Å². The molecular weight excluding hydrogens is 347 g/mol. The van der Waals surface area contributed by atoms with Gasteiger partial charge in [-0.3, -0.25) is 19.7 Å². The molecule has 0 bridgehead atoms. The number of Topliss-reactive ketones (excluding diaryl/α,β-unsaturated/α-hetero) is 1. The van der Waals surface area contributed by atoms with Crippen LogP contribution < -0.4 is 10.2 Å². The van der Waals surface area contributed by atoms with Crippen molar-refractivity contribution in [3.8, 4) is 0 Å². The summed E-state index contributed by atoms with van der Waals surface area (Å²) in [5.74, 6) is -2.88. The van der Waals surface area contributed by atoms with E-state index >= 15 is 0 Å². The monoisotopic (exact) mass is 362 g/mol. The lowest BCUT2D eigenvalue weighted by molar-refractivity contribution is -0.126. The van der Waals surface area contributed by atoms with Crippen molar-refractivity contribution >= 4 is 29.4 Å². The third-order valence-corrected chi connectivity index (χ3v) is 5.65. The maximum atomic E-state index is 13.3. The number of nitrogens with one attached hydrogen (secondary N) is 1. The summed E-state index contributed by atoms with van der Waals surface area (Å²) < 4.78 is 13.3. The van der Waals surface area contributed by atoms with Gasteiger partial charge in [-0.15, -0.1) is 0 Å². The standard InChI is InChI=1S/C21H15FN2O3/c22-13-8-5-12(6-9-13)19(25)18-17-16(20(26)23-21(17)27)15-10-7-11-3-1-2-4-14(11)24(15)18/h1-10,15-18H,(H,23,26,27)/t15-,16-,17+,18-/m0/s1. The van der Waals surface area contributed by atoms with Crippen molar-refractivity contribution in [2.45, 2.75) is 12.1 Å². The summed E-state index contributed by atoms with van der Waals surface area (Å²) in [6, 6.07) is 11.7. The van der Waals surface area contributed by atoms with Crippen LogP contribution in [-0.4, -0.2) is 29.7 Å². The first kappa shape index (κ1) is 15.9. The lowest BCUT2D eigenvalue weighted by Crippen LogP contribution is -2.47. The average molecular weight is 362 g/mol. The molecule has 5 nitrogen and oxygen atoms in total. The fourth-order valence-corrected chi connectivity index (χ4v) is 4.52. The number of halogens is 1. The van der Waals surface area contributed by atoms with Gasteiger partial charge < -0.3 is 4.90 Å². The molecule has 0 aliphatic carbocycles. The molecule has 1 N–H and O–H groups in total. The highest BCUT2D eigenvalue weighted by Gasteiger charge is 2.61. The number of nitrogens with zero attached hydrogens (tertiary/aromatic N) is 1. The van der Waals surface area contributed by atoms with E-state index < -0.39 is 29.6 Å². The number of amides is 2. The van der Waals surface area contributed by atoms with Gasteiger partial charge in [0.25, 0.3) is 0 Å². The molecule has 2 saturated heterocycles. The second kappa shape index (κ2) is 5.61. The molecule has 2 amide bonds. The first-order chi connectivity index (χ1) is 13.1. The molecule has 2 aromatic rings. The Bertz CT molecular complexity index is 1010. The van der Waals surface area contributed by atoms with Gasteiger partial charge in [-0.1, -0.05) is 30.4 Å². The third-order valence-electron chi connectivity index (χ3n) is 5.65. The van der Waals surface area contributed by atoms with Crippen LogP contribution in [0, 0.1) is 17.7 Å². The molecule has 134 valence electrons. The summed E-state index contributed by atoms with van der Waals surface area (Å²) in [6.45, 7) is 0. The number of carbonyl (C=O) groups is 3. The second-order valence-corrected chi connectivity index (χ2v) is 7.04. The maximum Gasteiger partial charge on any atom is 0.233 e. The summed E-state index contributed by atoms with van der Waals surface area (Å²) >= 11 is 0. The number of ketones is 1. The Morgan fingerprint density at radius 3 is 2.44 bits per heavy atom. The van der Waals surface area contributed by atoms with Gasteiger partial charge in [-0.05, 0) is 35.9 Å². The molecule has 0 spiro atoms. The van der Waals surface area contributed by atoms with Crippen LogP contribution in [0.1, 0.15) is 15.9 Å². The Morgan fingerprint density at radius 1 is 0.963 bits per heavy atom. The predicted molar refractivity (Wildman–Crippen MR) is 96.4 cm³/mol. The molecule has 27 heavy (non-hydrogen) atoms. The van der Waals surface area contributed by atoms with Gasteiger partial charge in [-0.25, -0.2) is 4.39 Å². The zero-order chi connectivity index (χ0) is 18.7. The molecule has 0 saturated carbocycles. The van der Waals surface area contributed by atoms with Crippen molar-refractivity contribution in [2.75, 3.05) is 4.90 Å². The molecule has 0 radical (unpaired) electrons. The molecule has 0 aromatic heterocycles. The minimum absolute atomic E-state index is 0.289. The molecule has 5 rings (SSSR count). The third kappa shape index (κ3) is 2.19. The van der Waals surface area contributed by atoms with E-state index in [0.717, 1.165) is 11.3 Å². The van der Waals surface area contributed by atoms with Crippen molar-refractivity contribution in [3.05, 3.63) is 71.6 Å². The highest BCUT2D eigenvalue weighted by atomic mass is 19.1. The summed E-state index contributed by atoms with van der Waals surface area (Å²) in [5, 5.41) is 2.37. The second-order valence-electron chi connectivity index (χ2n) is 7.04. The van der Waals surface area contributed by atoms with Gasteiger partial charge >= 0.3 is 0 Å². The predicted octanol–water partition coefficient (Wildman–Crippen LogP) is 2.18. The van der Waals surface area contributed by atoms with Crippen LogP contribution in [0.5, 0.6) is 0 Å². The Morgan fingerprint density at radius 2 is 1.67 bits per heavy atom. The number of rotatable bonds is 2. The van der Waals surface area contributed by atoms with E-state index in [1.807, 2.05) is 41.3 Å². The normalized spacial score (nSPS) is 27.8. The first-order valence-corrected chi connectivity index (χ1v) is 8.76. The minimum Gasteiger partial charge on any atom is -0.352 e. The molecule has 3 aliphatic rings. The summed E-state index contributed by atoms with van der Waals surface area (Å²) in [4.78, 5) is 40.2. The fraction of sp³-hybridized carbons (Fsp3) is 0.190. The summed E-state index contributed by atoms with van der Waals surface area (Å²) in [5.41, 5.74) is 2.07. The first-order valence-electron chi connectivity index (χ1n) is 8.76. The van der Waals surface area contributed by atoms with Crippen LogP contribution in [0.2, 0.25) is 0 Å². The molecule has 2 fully saturated rings. The smallest absolute Gasteiger partial charge is 0.233 e. The van der Waals surface area contributed by atoms with Gasteiger partial charge in [0, 0.05) is 11.3 Å². The van der Waals surface area contributed by atoms with Crippen molar-refractivity contribution in [3.63, 3.8) is 0 Å². The lowest BCUT2D eigenvalue weighted by atomic mass is 9.86. The number of para-hydroxylation sites is 1. The molecule has 3 aliphatic heterocycles. The van der Waals surface area contributed by atoms with E-state index in [9.17, 15) is 18.8 Å². The lowest BCUT2D eigenvalue weighted by Gasteiger charge is -2.35. The van der Waals surface area contributed by atoms with Crippen LogP contribution in [0.15, 0.2) is 54.6 Å². The van der Waals surface area contributed by atoms with Gasteiger partial charge in [0.1, 0.15) is 11.9 Å². The molecule has 0 unspecified atom stereocenters. The highest BCUT2D eigenvalue weighted by molar-refractivity contribution is 6.14. The summed E-state index contributed by atoms with van der Waals surface area (Å²) in [7, 11) is 0. The number of anilines is 1. The Kier molecular flexibility index (Phi) is 3.31. The van der Waals surface area contributed by atoms with E-state index in [1.54, 1.807) is 0 Å². The van der Waals surface area contributed by atoms with Crippen LogP contribution >= 0.6 is 0 Å². The molecule has 4 atom stereocenters. The topological polar surface area (TPSA) is 66.5 Å². The quantitative estimate of drug-likeness (QED) is 0.657. The van der Waals surface area contributed by atoms with Crippen molar-refractivity contribution in [1.29, 1.82) is 0 Å². The number of carbonyl (C=O) groups excluding carboxylic acids is 3. The van der Waals surface area contributed by atoms with Crippen LogP contribution in [0.3, 0.4) is 0 Å². The number of hydrogen-bond acceptors (Lipinski definition) is 4. The maximum absolute atomic E-state index is 13.3. The van der Waals surface area contributed by atoms with E-state index in [2.05, 4.69) is 5.32 Å². The van der Waals surface area contributed by atoms with Crippen LogP contribution in [0.4, 0.5) is 10.1 Å². The largest absolute Gasteiger partial charge is 0.352 e. The van der Waals surface area contributed by atoms with Crippen LogP contribution in [0.25, 0.3) is 6.08 Å². The fourth-order valence-electron chi connectivity index (χ4n) is 4.52. The van der Waals surface area contributed by atoms with Gasteiger partial charge in [-0.2, -0.15) is 0 Å². The van der Waals surface area contributed by atoms with Crippen molar-refractivity contribution in [1.82, 2.24) is 5.32 Å². The zero-order valence-corrected chi connectivity index (χ0v) is 14.1. The number of benzene rings is 2. The Labute approximate surface area is 154 Å². The summed E-state index contributed by atoms with van der Waals surface area (Å²) in [6.07, 6.45) is 3.81. The molecular formula is C21H15FN2O3. The average Bonchev–Trinajstić information content (AvgIpc) is 3.17. The number of fused-ring (bicyclic) bond motifs is 5. The Balaban J connectivity index is 1.66. The van der Waals surface area contributed by atoms with Gasteiger partial charge in [0.2, 0.25) is 11.8 Å². The molecule has 3 heterocycles.